The molecule has 1 heterocycles. The maximum absolute atomic E-state index is 13.0. The van der Waals surface area contributed by atoms with Gasteiger partial charge in [0.25, 0.3) is 20.1 Å². The molecule has 0 saturated carbocycles. The summed E-state index contributed by atoms with van der Waals surface area (Å²) in [6.07, 6.45) is 0.330. The van der Waals surface area contributed by atoms with Gasteiger partial charge in [-0.3, -0.25) is 18.4 Å². The van der Waals surface area contributed by atoms with Crippen molar-refractivity contribution in [1.82, 2.24) is 4.31 Å². The molecule has 0 unspecified atom stereocenters. The number of anilines is 1. The van der Waals surface area contributed by atoms with Gasteiger partial charge in [0.05, 0.1) is 30.8 Å². The minimum absolute atomic E-state index is 0.0426. The fourth-order valence-electron chi connectivity index (χ4n) is 2.46. The maximum atomic E-state index is 13.0. The van der Waals surface area contributed by atoms with Gasteiger partial charge in [-0.15, -0.1) is 0 Å². The van der Waals surface area contributed by atoms with E-state index in [1.165, 1.54) is 12.1 Å². The SMILES string of the molecule is CCOC(=O)CC1=Nc2ccc(NS(C)(=O)=O)cc2S(=O)(=O)N1CCS(=O)(=O)O. The van der Waals surface area contributed by atoms with E-state index >= 15 is 0 Å². The number of aliphatic imine (C=N–C) groups is 1. The molecule has 0 saturated heterocycles. The molecule has 0 aliphatic carbocycles. The Balaban J connectivity index is 2.55. The van der Waals surface area contributed by atoms with E-state index in [0.29, 0.717) is 4.31 Å². The van der Waals surface area contributed by atoms with Crippen LogP contribution in [0.25, 0.3) is 0 Å². The average Bonchev–Trinajstić information content (AvgIpc) is 2.52. The van der Waals surface area contributed by atoms with Crippen LogP contribution in [0.2, 0.25) is 0 Å². The van der Waals surface area contributed by atoms with Crippen LogP contribution in [-0.4, -0.2) is 71.1 Å². The summed E-state index contributed by atoms with van der Waals surface area (Å²) in [6.45, 7) is 0.891. The Kier molecular flexibility index (Phi) is 6.56. The highest BCUT2D eigenvalue weighted by Gasteiger charge is 2.36. The molecular weight excluding hydrogens is 450 g/mol. The molecule has 1 aromatic carbocycles. The fourth-order valence-corrected chi connectivity index (χ4v) is 5.15. The summed E-state index contributed by atoms with van der Waals surface area (Å²) in [7, 11) is -12.6. The second kappa shape index (κ2) is 8.25. The number of carbonyl (C=O) groups is 1. The zero-order chi connectivity index (χ0) is 22.0. The van der Waals surface area contributed by atoms with Crippen LogP contribution in [0.15, 0.2) is 28.1 Å². The summed E-state index contributed by atoms with van der Waals surface area (Å²) in [5.74, 6) is -2.01. The number of carbonyl (C=O) groups excluding carboxylic acids is 1. The van der Waals surface area contributed by atoms with Crippen LogP contribution in [0, 0.1) is 0 Å². The van der Waals surface area contributed by atoms with Gasteiger partial charge in [-0.05, 0) is 25.1 Å². The summed E-state index contributed by atoms with van der Waals surface area (Å²) in [4.78, 5) is 15.5. The maximum Gasteiger partial charge on any atom is 0.313 e. The first-order valence-electron chi connectivity index (χ1n) is 8.06. The van der Waals surface area contributed by atoms with Gasteiger partial charge in [0.1, 0.15) is 17.2 Å². The molecule has 0 atom stereocenters. The van der Waals surface area contributed by atoms with E-state index in [-0.39, 0.29) is 23.8 Å². The Labute approximate surface area is 168 Å². The molecule has 15 heteroatoms. The van der Waals surface area contributed by atoms with E-state index in [2.05, 4.69) is 9.71 Å². The molecule has 0 aromatic heterocycles. The van der Waals surface area contributed by atoms with Crippen LogP contribution in [0.3, 0.4) is 0 Å². The summed E-state index contributed by atoms with van der Waals surface area (Å²) >= 11 is 0. The zero-order valence-electron chi connectivity index (χ0n) is 15.4. The highest BCUT2D eigenvalue weighted by molar-refractivity contribution is 7.92. The third-order valence-electron chi connectivity index (χ3n) is 3.53. The number of nitrogens with one attached hydrogen (secondary N) is 1. The average molecular weight is 470 g/mol. The molecule has 12 nitrogen and oxygen atoms in total. The van der Waals surface area contributed by atoms with Crippen molar-refractivity contribution >= 4 is 53.3 Å². The molecule has 29 heavy (non-hydrogen) atoms. The van der Waals surface area contributed by atoms with Crippen LogP contribution in [-0.2, 0) is 39.7 Å². The van der Waals surface area contributed by atoms with E-state index in [1.54, 1.807) is 6.92 Å². The van der Waals surface area contributed by atoms with Crippen LogP contribution in [0.1, 0.15) is 13.3 Å². The monoisotopic (exact) mass is 469 g/mol. The second-order valence-electron chi connectivity index (χ2n) is 5.93. The van der Waals surface area contributed by atoms with Crippen molar-refractivity contribution < 1.29 is 39.3 Å². The van der Waals surface area contributed by atoms with Crippen molar-refractivity contribution in [2.45, 2.75) is 18.2 Å². The predicted molar refractivity (Wildman–Crippen MR) is 104 cm³/mol. The van der Waals surface area contributed by atoms with E-state index in [9.17, 15) is 30.0 Å². The zero-order valence-corrected chi connectivity index (χ0v) is 17.8. The first kappa shape index (κ1) is 23.1. The van der Waals surface area contributed by atoms with Crippen LogP contribution in [0.4, 0.5) is 11.4 Å². The summed E-state index contributed by atoms with van der Waals surface area (Å²) in [5, 5.41) is 0. The molecule has 1 aromatic rings. The second-order valence-corrected chi connectivity index (χ2v) is 11.1. The molecule has 0 bridgehead atoms. The molecule has 0 radical (unpaired) electrons. The molecule has 2 N–H and O–H groups in total. The lowest BCUT2D eigenvalue weighted by Gasteiger charge is -2.29. The van der Waals surface area contributed by atoms with Crippen LogP contribution < -0.4 is 4.72 Å². The first-order valence-corrected chi connectivity index (χ1v) is 13.0. The summed E-state index contributed by atoms with van der Waals surface area (Å²) in [5.41, 5.74) is -0.111. The molecule has 0 amide bonds. The van der Waals surface area contributed by atoms with Gasteiger partial charge in [-0.25, -0.2) is 21.8 Å². The number of rotatable bonds is 8. The van der Waals surface area contributed by atoms with Crippen LogP contribution in [0.5, 0.6) is 0 Å². The number of amidine groups is 1. The molecule has 1 aliphatic rings. The number of benzene rings is 1. The Morgan fingerprint density at radius 3 is 2.48 bits per heavy atom. The summed E-state index contributed by atoms with van der Waals surface area (Å²) in [6, 6.07) is 3.55. The largest absolute Gasteiger partial charge is 0.466 e. The van der Waals surface area contributed by atoms with Crippen molar-refractivity contribution in [3.63, 3.8) is 0 Å². The Morgan fingerprint density at radius 1 is 1.28 bits per heavy atom. The highest BCUT2D eigenvalue weighted by Crippen LogP contribution is 2.35. The lowest BCUT2D eigenvalue weighted by molar-refractivity contribution is -0.141. The van der Waals surface area contributed by atoms with Crippen molar-refractivity contribution in [2.24, 2.45) is 4.99 Å². The van der Waals surface area contributed by atoms with Gasteiger partial charge >= 0.3 is 5.97 Å². The molecule has 0 spiro atoms. The number of fused-ring (bicyclic) bond motifs is 1. The van der Waals surface area contributed by atoms with Crippen molar-refractivity contribution in [2.75, 3.05) is 29.9 Å². The number of esters is 1. The quantitative estimate of drug-likeness (QED) is 0.390. The minimum atomic E-state index is -4.51. The van der Waals surface area contributed by atoms with Gasteiger partial charge in [0.15, 0.2) is 0 Å². The Hall–Kier alpha value is -2.23. The van der Waals surface area contributed by atoms with Gasteiger partial charge in [0.2, 0.25) is 10.0 Å². The molecule has 2 rings (SSSR count). The number of hydrogen-bond donors (Lipinski definition) is 2. The van der Waals surface area contributed by atoms with E-state index < -0.39 is 59.7 Å². The standard InChI is InChI=1S/C14H19N3O9S3/c1-3-26-14(18)9-13-15-11-5-4-10(16-27(2,19)20)8-12(11)29(24,25)17(13)6-7-28(21,22)23/h4-5,8,16H,3,6-7,9H2,1-2H3,(H,21,22,23). The minimum Gasteiger partial charge on any atom is -0.466 e. The lowest BCUT2D eigenvalue weighted by atomic mass is 10.3. The molecule has 162 valence electrons. The number of ether oxygens (including phenoxy) is 1. The van der Waals surface area contributed by atoms with Gasteiger partial charge in [-0.1, -0.05) is 0 Å². The lowest BCUT2D eigenvalue weighted by Crippen LogP contribution is -2.42. The topological polar surface area (TPSA) is 177 Å². The number of sulfonamides is 2. The normalized spacial score (nSPS) is 16.0. The third-order valence-corrected chi connectivity index (χ3v) is 6.69. The molecule has 1 aliphatic heterocycles. The number of nitrogens with zero attached hydrogens (tertiary/aromatic N) is 2. The van der Waals surface area contributed by atoms with E-state index in [1.807, 2.05) is 0 Å². The van der Waals surface area contributed by atoms with Crippen molar-refractivity contribution in [1.29, 1.82) is 0 Å². The molecule has 0 fully saturated rings. The smallest absolute Gasteiger partial charge is 0.313 e. The van der Waals surface area contributed by atoms with Crippen molar-refractivity contribution in [3.05, 3.63) is 18.2 Å². The Morgan fingerprint density at radius 2 is 1.93 bits per heavy atom. The fraction of sp³-hybridized carbons (Fsp3) is 0.429. The summed E-state index contributed by atoms with van der Waals surface area (Å²) < 4.78 is 87.5. The van der Waals surface area contributed by atoms with E-state index in [0.717, 1.165) is 12.3 Å². The van der Waals surface area contributed by atoms with Crippen LogP contribution >= 0.6 is 0 Å². The predicted octanol–water partition coefficient (Wildman–Crippen LogP) is -0.0666. The Bertz CT molecular complexity index is 1160. The van der Waals surface area contributed by atoms with E-state index in [4.69, 9.17) is 9.29 Å². The molecular formula is C14H19N3O9S3. The van der Waals surface area contributed by atoms with Gasteiger partial charge in [-0.2, -0.15) is 8.42 Å². The first-order chi connectivity index (χ1) is 13.2. The highest BCUT2D eigenvalue weighted by atomic mass is 32.2. The third kappa shape index (κ3) is 6.12. The van der Waals surface area contributed by atoms with Gasteiger partial charge in [0, 0.05) is 5.69 Å². The number of hydrogen-bond acceptors (Lipinski definition) is 9. The van der Waals surface area contributed by atoms with Crippen molar-refractivity contribution in [3.8, 4) is 0 Å². The van der Waals surface area contributed by atoms with Gasteiger partial charge < -0.3 is 4.74 Å².